The van der Waals surface area contributed by atoms with Gasteiger partial charge in [-0.25, -0.2) is 0 Å². The molecule has 2 unspecified atom stereocenters. The zero-order chi connectivity index (χ0) is 13.3. The molecule has 3 rings (SSSR count). The summed E-state index contributed by atoms with van der Waals surface area (Å²) >= 11 is 0. The number of piperazine rings is 1. The van der Waals surface area contributed by atoms with E-state index in [0.717, 1.165) is 38.8 Å². The van der Waals surface area contributed by atoms with Crippen LogP contribution < -0.4 is 5.32 Å². The molecule has 7 heteroatoms. The minimum absolute atomic E-state index is 0.0578. The molecular formula is C12H23N3O3S. The van der Waals surface area contributed by atoms with Crippen molar-refractivity contribution >= 4 is 10.2 Å². The highest BCUT2D eigenvalue weighted by Crippen LogP contribution is 2.31. The highest BCUT2D eigenvalue weighted by molar-refractivity contribution is 7.86. The molecule has 1 saturated carbocycles. The molecule has 0 aromatic rings. The van der Waals surface area contributed by atoms with Gasteiger partial charge in [0, 0.05) is 32.7 Å². The van der Waals surface area contributed by atoms with E-state index in [-0.39, 0.29) is 12.1 Å². The van der Waals surface area contributed by atoms with Gasteiger partial charge in [0.2, 0.25) is 0 Å². The maximum atomic E-state index is 12.8. The van der Waals surface area contributed by atoms with Crippen LogP contribution >= 0.6 is 0 Å². The minimum atomic E-state index is -3.31. The molecule has 2 aliphatic heterocycles. The Kier molecular flexibility index (Phi) is 4.09. The lowest BCUT2D eigenvalue weighted by molar-refractivity contribution is -0.0603. The number of hydrogen-bond donors (Lipinski definition) is 1. The van der Waals surface area contributed by atoms with E-state index >= 15 is 0 Å². The molecule has 0 radical (unpaired) electrons. The lowest BCUT2D eigenvalue weighted by atomic mass is 9.91. The standard InChI is InChI=1S/C12H23N3O3S/c16-19(17,14-7-5-13-6-8-14)15-9-10-18-12-4-2-1-3-11(12)15/h11-13H,1-10H2. The first-order valence-electron chi connectivity index (χ1n) is 7.29. The molecule has 1 aliphatic carbocycles. The molecule has 3 fully saturated rings. The summed E-state index contributed by atoms with van der Waals surface area (Å²) in [6, 6.07) is 0.0578. The van der Waals surface area contributed by atoms with Gasteiger partial charge in [-0.3, -0.25) is 0 Å². The summed E-state index contributed by atoms with van der Waals surface area (Å²) in [7, 11) is -3.31. The lowest BCUT2D eigenvalue weighted by Crippen LogP contribution is -2.60. The van der Waals surface area contributed by atoms with E-state index in [1.54, 1.807) is 8.61 Å². The first-order valence-corrected chi connectivity index (χ1v) is 8.68. The number of rotatable bonds is 2. The maximum Gasteiger partial charge on any atom is 0.282 e. The van der Waals surface area contributed by atoms with Crippen LogP contribution in [0.2, 0.25) is 0 Å². The molecule has 2 atom stereocenters. The molecule has 2 heterocycles. The number of nitrogens with zero attached hydrogens (tertiary/aromatic N) is 2. The molecule has 19 heavy (non-hydrogen) atoms. The van der Waals surface area contributed by atoms with Gasteiger partial charge in [-0.15, -0.1) is 0 Å². The second kappa shape index (κ2) is 5.65. The molecule has 0 bridgehead atoms. The van der Waals surface area contributed by atoms with E-state index in [4.69, 9.17) is 4.74 Å². The Morgan fingerprint density at radius 1 is 1.05 bits per heavy atom. The van der Waals surface area contributed by atoms with Crippen LogP contribution in [-0.4, -0.2) is 68.5 Å². The summed E-state index contributed by atoms with van der Waals surface area (Å²) in [5.41, 5.74) is 0. The van der Waals surface area contributed by atoms with Crippen LogP contribution in [-0.2, 0) is 14.9 Å². The molecule has 2 saturated heterocycles. The van der Waals surface area contributed by atoms with E-state index in [1.807, 2.05) is 0 Å². The predicted octanol–water partition coefficient (Wildman–Crippen LogP) is -0.220. The van der Waals surface area contributed by atoms with Crippen molar-refractivity contribution in [1.29, 1.82) is 0 Å². The van der Waals surface area contributed by atoms with Crippen molar-refractivity contribution in [2.24, 2.45) is 0 Å². The summed E-state index contributed by atoms with van der Waals surface area (Å²) in [6.45, 7) is 3.70. The average molecular weight is 289 g/mol. The monoisotopic (exact) mass is 289 g/mol. The van der Waals surface area contributed by atoms with Crippen molar-refractivity contribution in [3.8, 4) is 0 Å². The number of morpholine rings is 1. The third-order valence-electron chi connectivity index (χ3n) is 4.38. The molecule has 6 nitrogen and oxygen atoms in total. The van der Waals surface area contributed by atoms with Gasteiger partial charge in [-0.2, -0.15) is 17.0 Å². The SMILES string of the molecule is O=S(=O)(N1CCNCC1)N1CCOC2CCCCC21. The minimum Gasteiger partial charge on any atom is -0.375 e. The van der Waals surface area contributed by atoms with E-state index < -0.39 is 10.2 Å². The van der Waals surface area contributed by atoms with Crippen molar-refractivity contribution in [3.05, 3.63) is 0 Å². The second-order valence-electron chi connectivity index (χ2n) is 5.53. The fourth-order valence-corrected chi connectivity index (χ4v) is 5.20. The van der Waals surface area contributed by atoms with Gasteiger partial charge in [-0.1, -0.05) is 12.8 Å². The van der Waals surface area contributed by atoms with Crippen molar-refractivity contribution in [2.45, 2.75) is 37.8 Å². The van der Waals surface area contributed by atoms with Crippen LogP contribution in [0.5, 0.6) is 0 Å². The summed E-state index contributed by atoms with van der Waals surface area (Å²) < 4.78 is 34.6. The maximum absolute atomic E-state index is 12.8. The Labute approximate surface area is 115 Å². The molecule has 110 valence electrons. The smallest absolute Gasteiger partial charge is 0.282 e. The van der Waals surface area contributed by atoms with Crippen LogP contribution in [0, 0.1) is 0 Å². The zero-order valence-corrected chi connectivity index (χ0v) is 12.1. The van der Waals surface area contributed by atoms with Gasteiger partial charge in [0.1, 0.15) is 0 Å². The average Bonchev–Trinajstić information content (AvgIpc) is 2.47. The van der Waals surface area contributed by atoms with Gasteiger partial charge in [0.25, 0.3) is 10.2 Å². The highest BCUT2D eigenvalue weighted by Gasteiger charge is 2.42. The normalized spacial score (nSPS) is 34.9. The molecule has 3 aliphatic rings. The quantitative estimate of drug-likeness (QED) is 0.763. The van der Waals surface area contributed by atoms with Crippen LogP contribution in [0.15, 0.2) is 0 Å². The zero-order valence-electron chi connectivity index (χ0n) is 11.3. The Morgan fingerprint density at radius 2 is 1.79 bits per heavy atom. The lowest BCUT2D eigenvalue weighted by Gasteiger charge is -2.44. The van der Waals surface area contributed by atoms with Crippen LogP contribution in [0.25, 0.3) is 0 Å². The first-order chi connectivity index (χ1) is 9.19. The summed E-state index contributed by atoms with van der Waals surface area (Å²) in [4.78, 5) is 0. The summed E-state index contributed by atoms with van der Waals surface area (Å²) in [5.74, 6) is 0. The number of ether oxygens (including phenoxy) is 1. The summed E-state index contributed by atoms with van der Waals surface area (Å²) in [5, 5.41) is 3.20. The molecular weight excluding hydrogens is 266 g/mol. The Hall–Kier alpha value is -0.210. The number of fused-ring (bicyclic) bond motifs is 1. The van der Waals surface area contributed by atoms with Crippen LogP contribution in [0.4, 0.5) is 0 Å². The number of hydrogen-bond acceptors (Lipinski definition) is 4. The van der Waals surface area contributed by atoms with Crippen molar-refractivity contribution in [1.82, 2.24) is 13.9 Å². The third kappa shape index (κ3) is 2.67. The molecule has 0 amide bonds. The Balaban J connectivity index is 1.78. The topological polar surface area (TPSA) is 61.9 Å². The molecule has 0 aromatic carbocycles. The Morgan fingerprint density at radius 3 is 2.58 bits per heavy atom. The highest BCUT2D eigenvalue weighted by atomic mass is 32.2. The largest absolute Gasteiger partial charge is 0.375 e. The van der Waals surface area contributed by atoms with E-state index in [9.17, 15) is 8.42 Å². The van der Waals surface area contributed by atoms with Crippen LogP contribution in [0.3, 0.4) is 0 Å². The van der Waals surface area contributed by atoms with Gasteiger partial charge in [0.15, 0.2) is 0 Å². The predicted molar refractivity (Wildman–Crippen MR) is 72.1 cm³/mol. The molecule has 1 N–H and O–H groups in total. The van der Waals surface area contributed by atoms with Crippen molar-refractivity contribution in [3.63, 3.8) is 0 Å². The van der Waals surface area contributed by atoms with Crippen molar-refractivity contribution < 1.29 is 13.2 Å². The third-order valence-corrected chi connectivity index (χ3v) is 6.44. The first kappa shape index (κ1) is 13.8. The second-order valence-corrected chi connectivity index (χ2v) is 7.41. The van der Waals surface area contributed by atoms with Crippen molar-refractivity contribution in [2.75, 3.05) is 39.3 Å². The fourth-order valence-electron chi connectivity index (χ4n) is 3.37. The van der Waals surface area contributed by atoms with Crippen LogP contribution in [0.1, 0.15) is 25.7 Å². The van der Waals surface area contributed by atoms with Gasteiger partial charge < -0.3 is 10.1 Å². The van der Waals surface area contributed by atoms with Gasteiger partial charge >= 0.3 is 0 Å². The Bertz CT molecular complexity index is 406. The van der Waals surface area contributed by atoms with E-state index in [1.165, 1.54) is 0 Å². The van der Waals surface area contributed by atoms with E-state index in [0.29, 0.717) is 26.2 Å². The van der Waals surface area contributed by atoms with E-state index in [2.05, 4.69) is 5.32 Å². The van der Waals surface area contributed by atoms with Gasteiger partial charge in [-0.05, 0) is 12.8 Å². The molecule has 0 spiro atoms. The fraction of sp³-hybridized carbons (Fsp3) is 1.00. The molecule has 0 aromatic heterocycles. The van der Waals surface area contributed by atoms with Gasteiger partial charge in [0.05, 0.1) is 18.8 Å². The summed E-state index contributed by atoms with van der Waals surface area (Å²) in [6.07, 6.45) is 4.31. The number of nitrogens with one attached hydrogen (secondary N) is 1.